The lowest BCUT2D eigenvalue weighted by atomic mass is 9.93. The number of hydrogen-bond donors (Lipinski definition) is 1. The van der Waals surface area contributed by atoms with Crippen molar-refractivity contribution in [3.63, 3.8) is 0 Å². The summed E-state index contributed by atoms with van der Waals surface area (Å²) in [6.45, 7) is 3.49. The quantitative estimate of drug-likeness (QED) is 0.869. The first kappa shape index (κ1) is 15.8. The molecule has 1 aliphatic carbocycles. The molecule has 128 valence electrons. The fourth-order valence-corrected chi connectivity index (χ4v) is 4.55. The van der Waals surface area contributed by atoms with Crippen molar-refractivity contribution in [2.75, 3.05) is 13.1 Å². The molecule has 24 heavy (non-hydrogen) atoms. The van der Waals surface area contributed by atoms with Gasteiger partial charge < -0.3 is 10.2 Å². The van der Waals surface area contributed by atoms with Gasteiger partial charge in [-0.2, -0.15) is 11.3 Å². The van der Waals surface area contributed by atoms with E-state index in [9.17, 15) is 4.79 Å². The van der Waals surface area contributed by atoms with Crippen LogP contribution in [0, 0.1) is 5.41 Å². The molecule has 1 aliphatic heterocycles. The Morgan fingerprint density at radius 2 is 2.33 bits per heavy atom. The largest absolute Gasteiger partial charge is 0.335 e. The summed E-state index contributed by atoms with van der Waals surface area (Å²) in [5.74, 6) is 0.233. The van der Waals surface area contributed by atoms with Gasteiger partial charge in [0, 0.05) is 25.2 Å². The van der Waals surface area contributed by atoms with Gasteiger partial charge in [0.1, 0.15) is 0 Å². The zero-order valence-corrected chi connectivity index (χ0v) is 14.5. The van der Waals surface area contributed by atoms with Crippen LogP contribution in [0.2, 0.25) is 0 Å². The van der Waals surface area contributed by atoms with E-state index >= 15 is 0 Å². The highest BCUT2D eigenvalue weighted by Gasteiger charge is 2.57. The fourth-order valence-electron chi connectivity index (χ4n) is 3.89. The Bertz CT molecular complexity index is 663. The molecule has 4 rings (SSSR count). The highest BCUT2D eigenvalue weighted by molar-refractivity contribution is 7.07. The summed E-state index contributed by atoms with van der Waals surface area (Å²) in [5.41, 5.74) is 1.61. The third-order valence-electron chi connectivity index (χ3n) is 5.40. The van der Waals surface area contributed by atoms with Gasteiger partial charge in [0.15, 0.2) is 0 Å². The molecule has 1 atom stereocenters. The predicted molar refractivity (Wildman–Crippen MR) is 92.4 cm³/mol. The highest BCUT2D eigenvalue weighted by Crippen LogP contribution is 2.56. The van der Waals surface area contributed by atoms with Gasteiger partial charge in [-0.1, -0.05) is 5.21 Å². The molecule has 1 amide bonds. The molecule has 3 heterocycles. The first-order valence-corrected chi connectivity index (χ1v) is 9.56. The van der Waals surface area contributed by atoms with Crippen LogP contribution in [-0.4, -0.2) is 44.9 Å². The molecule has 0 bridgehead atoms. The molecule has 2 fully saturated rings. The van der Waals surface area contributed by atoms with Crippen LogP contribution in [0.3, 0.4) is 0 Å². The van der Waals surface area contributed by atoms with Crippen LogP contribution in [0.4, 0.5) is 0 Å². The van der Waals surface area contributed by atoms with E-state index < -0.39 is 0 Å². The van der Waals surface area contributed by atoms with Crippen molar-refractivity contribution in [2.45, 2.75) is 44.8 Å². The smallest absolute Gasteiger partial charge is 0.225 e. The van der Waals surface area contributed by atoms with Crippen molar-refractivity contribution in [1.82, 2.24) is 25.2 Å². The summed E-state index contributed by atoms with van der Waals surface area (Å²) in [6, 6.07) is 2.53. The molecule has 2 aromatic rings. The van der Waals surface area contributed by atoms with Gasteiger partial charge in [0.05, 0.1) is 12.7 Å². The summed E-state index contributed by atoms with van der Waals surface area (Å²) < 4.78 is 1.73. The number of nitrogens with zero attached hydrogens (tertiary/aromatic N) is 4. The lowest BCUT2D eigenvalue weighted by molar-refractivity contribution is -0.133. The van der Waals surface area contributed by atoms with Gasteiger partial charge in [0.25, 0.3) is 0 Å². The Morgan fingerprint density at radius 1 is 1.46 bits per heavy atom. The topological polar surface area (TPSA) is 63.1 Å². The van der Waals surface area contributed by atoms with E-state index in [1.54, 1.807) is 22.2 Å². The molecule has 0 radical (unpaired) electrons. The van der Waals surface area contributed by atoms with Gasteiger partial charge in [-0.15, -0.1) is 5.10 Å². The van der Waals surface area contributed by atoms with Gasteiger partial charge in [-0.05, 0) is 60.2 Å². The van der Waals surface area contributed by atoms with E-state index in [1.807, 2.05) is 6.20 Å². The average Bonchev–Trinajstić information content (AvgIpc) is 3.06. The number of rotatable bonds is 6. The maximum Gasteiger partial charge on any atom is 0.225 e. The minimum absolute atomic E-state index is 0.233. The van der Waals surface area contributed by atoms with Crippen LogP contribution in [0.1, 0.15) is 31.2 Å². The van der Waals surface area contributed by atoms with E-state index in [-0.39, 0.29) is 5.91 Å². The number of aryl methyl sites for hydroxylation is 1. The SMILES string of the molecule is O=C(CCn1ccnn1)N(Cc1ccsc1)C1CC12CCNCC2. The van der Waals surface area contributed by atoms with Crippen molar-refractivity contribution in [1.29, 1.82) is 0 Å². The Hall–Kier alpha value is -1.73. The minimum atomic E-state index is 0.233. The minimum Gasteiger partial charge on any atom is -0.335 e. The molecule has 1 saturated carbocycles. The number of carbonyl (C=O) groups excluding carboxylic acids is 1. The van der Waals surface area contributed by atoms with Crippen molar-refractivity contribution in [3.8, 4) is 0 Å². The highest BCUT2D eigenvalue weighted by atomic mass is 32.1. The molecule has 2 aromatic heterocycles. The summed E-state index contributed by atoms with van der Waals surface area (Å²) in [4.78, 5) is 15.1. The summed E-state index contributed by atoms with van der Waals surface area (Å²) >= 11 is 1.69. The van der Waals surface area contributed by atoms with Crippen LogP contribution >= 0.6 is 11.3 Å². The number of carbonyl (C=O) groups is 1. The average molecular weight is 345 g/mol. The maximum atomic E-state index is 12.9. The van der Waals surface area contributed by atoms with E-state index in [4.69, 9.17) is 0 Å². The maximum absolute atomic E-state index is 12.9. The molecule has 2 aliphatic rings. The van der Waals surface area contributed by atoms with Crippen molar-refractivity contribution < 1.29 is 4.79 Å². The normalized spacial score (nSPS) is 21.8. The van der Waals surface area contributed by atoms with E-state index in [1.165, 1.54) is 18.4 Å². The van der Waals surface area contributed by atoms with Crippen LogP contribution in [0.5, 0.6) is 0 Å². The molecule has 1 spiro atoms. The Morgan fingerprint density at radius 3 is 3.04 bits per heavy atom. The zero-order valence-electron chi connectivity index (χ0n) is 13.7. The van der Waals surface area contributed by atoms with Crippen LogP contribution in [0.15, 0.2) is 29.2 Å². The summed E-state index contributed by atoms with van der Waals surface area (Å²) in [5, 5.41) is 15.4. The molecular formula is C17H23N5OS. The Labute approximate surface area is 145 Å². The van der Waals surface area contributed by atoms with Crippen LogP contribution < -0.4 is 5.32 Å². The van der Waals surface area contributed by atoms with Crippen LogP contribution in [0.25, 0.3) is 0 Å². The fraction of sp³-hybridized carbons (Fsp3) is 0.588. The Kier molecular flexibility index (Phi) is 4.37. The second-order valence-corrected chi connectivity index (χ2v) is 7.68. The van der Waals surface area contributed by atoms with Gasteiger partial charge >= 0.3 is 0 Å². The number of piperidine rings is 1. The molecule has 1 N–H and O–H groups in total. The molecule has 1 unspecified atom stereocenters. The van der Waals surface area contributed by atoms with E-state index in [0.717, 1.165) is 26.1 Å². The molecular weight excluding hydrogens is 322 g/mol. The first-order chi connectivity index (χ1) is 11.8. The Balaban J connectivity index is 1.44. The molecule has 6 nitrogen and oxygen atoms in total. The second kappa shape index (κ2) is 6.64. The summed E-state index contributed by atoms with van der Waals surface area (Å²) in [6.07, 6.45) is 7.48. The predicted octanol–water partition coefficient (Wildman–Crippen LogP) is 1.90. The van der Waals surface area contributed by atoms with Crippen molar-refractivity contribution in [2.24, 2.45) is 5.41 Å². The lowest BCUT2D eigenvalue weighted by Gasteiger charge is -2.29. The van der Waals surface area contributed by atoms with E-state index in [2.05, 4.69) is 37.4 Å². The van der Waals surface area contributed by atoms with Gasteiger partial charge in [-0.3, -0.25) is 9.48 Å². The summed E-state index contributed by atoms with van der Waals surface area (Å²) in [7, 11) is 0. The number of hydrogen-bond acceptors (Lipinski definition) is 5. The standard InChI is InChI=1S/C17H23N5OS/c23-16(1-8-21-9-7-19-20-21)22(12-14-2-10-24-13-14)15-11-17(15)3-5-18-6-4-17/h2,7,9-10,13,15,18H,1,3-6,8,11-12H2. The number of thiophene rings is 1. The number of amides is 1. The van der Waals surface area contributed by atoms with Crippen molar-refractivity contribution >= 4 is 17.2 Å². The third kappa shape index (κ3) is 3.23. The molecule has 1 saturated heterocycles. The molecule has 7 heteroatoms. The number of aromatic nitrogens is 3. The van der Waals surface area contributed by atoms with Crippen molar-refractivity contribution in [3.05, 3.63) is 34.8 Å². The second-order valence-electron chi connectivity index (χ2n) is 6.90. The van der Waals surface area contributed by atoms with E-state index in [0.29, 0.717) is 24.4 Å². The first-order valence-electron chi connectivity index (χ1n) is 8.62. The van der Waals surface area contributed by atoms with Crippen LogP contribution in [-0.2, 0) is 17.9 Å². The number of nitrogens with one attached hydrogen (secondary N) is 1. The third-order valence-corrected chi connectivity index (χ3v) is 6.13. The lowest BCUT2D eigenvalue weighted by Crippen LogP contribution is -2.39. The zero-order chi connectivity index (χ0) is 16.4. The van der Waals surface area contributed by atoms with Gasteiger partial charge in [0.2, 0.25) is 5.91 Å². The molecule has 0 aromatic carbocycles. The van der Waals surface area contributed by atoms with Gasteiger partial charge in [-0.25, -0.2) is 0 Å². The monoisotopic (exact) mass is 345 g/mol.